The van der Waals surface area contributed by atoms with Gasteiger partial charge in [-0.15, -0.1) is 0 Å². The van der Waals surface area contributed by atoms with Crippen LogP contribution in [0.1, 0.15) is 35.6 Å². The van der Waals surface area contributed by atoms with Gasteiger partial charge in [-0.3, -0.25) is 0 Å². The number of rotatable bonds is 1. The first-order valence-corrected chi connectivity index (χ1v) is 6.94. The number of hydrogen-bond acceptors (Lipinski definition) is 1. The smallest absolute Gasteiger partial charge is 0.0482 e. The molecule has 0 bridgehead atoms. The molecule has 1 fully saturated rings. The number of hydrogen-bond donors (Lipinski definition) is 1. The van der Waals surface area contributed by atoms with Gasteiger partial charge in [-0.25, -0.2) is 0 Å². The van der Waals surface area contributed by atoms with Crippen LogP contribution in [-0.2, 0) is 7.05 Å². The van der Waals surface area contributed by atoms with E-state index in [9.17, 15) is 0 Å². The average Bonchev–Trinajstić information content (AvgIpc) is 2.65. The van der Waals surface area contributed by atoms with Crippen LogP contribution >= 0.6 is 0 Å². The third-order valence-corrected chi connectivity index (χ3v) is 4.64. The van der Waals surface area contributed by atoms with E-state index in [4.69, 9.17) is 0 Å². The monoisotopic (exact) mass is 242 g/mol. The normalized spacial score (nSPS) is 17.5. The highest BCUT2D eigenvalue weighted by Crippen LogP contribution is 2.31. The lowest BCUT2D eigenvalue weighted by atomic mass is 9.89. The molecular formula is C16H22N2. The zero-order valence-corrected chi connectivity index (χ0v) is 11.6. The summed E-state index contributed by atoms with van der Waals surface area (Å²) in [5, 5.41) is 4.88. The van der Waals surface area contributed by atoms with E-state index in [0.29, 0.717) is 0 Å². The molecule has 0 radical (unpaired) electrons. The van der Waals surface area contributed by atoms with Crippen LogP contribution in [-0.4, -0.2) is 17.7 Å². The van der Waals surface area contributed by atoms with Gasteiger partial charge in [-0.1, -0.05) is 6.07 Å². The maximum atomic E-state index is 3.44. The lowest BCUT2D eigenvalue weighted by molar-refractivity contribution is 0.460. The van der Waals surface area contributed by atoms with Crippen molar-refractivity contribution in [2.45, 2.75) is 32.6 Å². The van der Waals surface area contributed by atoms with Gasteiger partial charge in [0.25, 0.3) is 0 Å². The summed E-state index contributed by atoms with van der Waals surface area (Å²) in [7, 11) is 2.16. The lowest BCUT2D eigenvalue weighted by Crippen LogP contribution is -2.26. The molecule has 2 aromatic rings. The molecule has 0 unspecified atom stereocenters. The minimum atomic E-state index is 0.746. The van der Waals surface area contributed by atoms with Gasteiger partial charge >= 0.3 is 0 Å². The van der Waals surface area contributed by atoms with E-state index in [-0.39, 0.29) is 0 Å². The number of fused-ring (bicyclic) bond motifs is 1. The topological polar surface area (TPSA) is 17.0 Å². The predicted molar refractivity (Wildman–Crippen MR) is 77.2 cm³/mol. The third kappa shape index (κ3) is 1.76. The predicted octanol–water partition coefficient (Wildman–Crippen LogP) is 3.26. The van der Waals surface area contributed by atoms with Crippen LogP contribution in [0.5, 0.6) is 0 Å². The van der Waals surface area contributed by atoms with Gasteiger partial charge in [0.05, 0.1) is 0 Å². The molecule has 0 spiro atoms. The fraction of sp³-hybridized carbons (Fsp3) is 0.500. The number of nitrogens with zero attached hydrogens (tertiary/aromatic N) is 1. The zero-order chi connectivity index (χ0) is 12.7. The molecule has 0 atom stereocenters. The van der Waals surface area contributed by atoms with Crippen LogP contribution in [0.25, 0.3) is 10.9 Å². The van der Waals surface area contributed by atoms with Crippen LogP contribution in [0.4, 0.5) is 0 Å². The first-order valence-electron chi connectivity index (χ1n) is 6.94. The van der Waals surface area contributed by atoms with Gasteiger partial charge in [0.15, 0.2) is 0 Å². The van der Waals surface area contributed by atoms with E-state index in [2.05, 4.69) is 49.0 Å². The molecule has 2 heterocycles. The van der Waals surface area contributed by atoms with E-state index in [0.717, 1.165) is 19.0 Å². The van der Waals surface area contributed by atoms with E-state index >= 15 is 0 Å². The molecular weight excluding hydrogens is 220 g/mol. The molecule has 2 heteroatoms. The van der Waals surface area contributed by atoms with E-state index in [1.54, 1.807) is 0 Å². The minimum Gasteiger partial charge on any atom is -0.348 e. The number of benzene rings is 1. The molecule has 3 rings (SSSR count). The summed E-state index contributed by atoms with van der Waals surface area (Å²) in [6.45, 7) is 6.77. The maximum absolute atomic E-state index is 3.44. The van der Waals surface area contributed by atoms with E-state index in [1.807, 2.05) is 0 Å². The molecule has 96 valence electrons. The maximum Gasteiger partial charge on any atom is 0.0482 e. The van der Waals surface area contributed by atoms with Crippen LogP contribution in [0.2, 0.25) is 0 Å². The SMILES string of the molecule is Cc1c(C)n(C)c2ccc(C3CCNCC3)cc12. The number of nitrogens with one attached hydrogen (secondary N) is 1. The highest BCUT2D eigenvalue weighted by molar-refractivity contribution is 5.86. The van der Waals surface area contributed by atoms with Crippen molar-refractivity contribution in [3.05, 3.63) is 35.0 Å². The van der Waals surface area contributed by atoms with Crippen molar-refractivity contribution < 1.29 is 0 Å². The Hall–Kier alpha value is -1.28. The molecule has 0 amide bonds. The van der Waals surface area contributed by atoms with Crippen molar-refractivity contribution in [2.75, 3.05) is 13.1 Å². The van der Waals surface area contributed by atoms with Gasteiger partial charge < -0.3 is 9.88 Å². The quantitative estimate of drug-likeness (QED) is 0.812. The number of piperidine rings is 1. The molecule has 1 N–H and O–H groups in total. The first-order chi connectivity index (χ1) is 8.68. The Morgan fingerprint density at radius 2 is 1.89 bits per heavy atom. The van der Waals surface area contributed by atoms with Gasteiger partial charge in [0.2, 0.25) is 0 Å². The lowest BCUT2D eigenvalue weighted by Gasteiger charge is -2.23. The van der Waals surface area contributed by atoms with Crippen LogP contribution in [0.3, 0.4) is 0 Å². The largest absolute Gasteiger partial charge is 0.348 e. The Kier molecular flexibility index (Phi) is 2.90. The van der Waals surface area contributed by atoms with Gasteiger partial charge in [-0.2, -0.15) is 0 Å². The fourth-order valence-corrected chi connectivity index (χ4v) is 3.18. The Labute approximate surface area is 109 Å². The van der Waals surface area contributed by atoms with Gasteiger partial charge in [0.1, 0.15) is 0 Å². The molecule has 1 aromatic heterocycles. The standard InChI is InChI=1S/C16H22N2/c1-11-12(2)18(3)16-5-4-14(10-15(11)16)13-6-8-17-9-7-13/h4-5,10,13,17H,6-9H2,1-3H3. The summed E-state index contributed by atoms with van der Waals surface area (Å²) in [5.41, 5.74) is 5.70. The molecule has 1 saturated heterocycles. The summed E-state index contributed by atoms with van der Waals surface area (Å²) in [5.74, 6) is 0.746. The minimum absolute atomic E-state index is 0.746. The Morgan fingerprint density at radius 3 is 2.61 bits per heavy atom. The second-order valence-electron chi connectivity index (χ2n) is 5.57. The van der Waals surface area contributed by atoms with Crippen molar-refractivity contribution in [3.8, 4) is 0 Å². The summed E-state index contributed by atoms with van der Waals surface area (Å²) in [6.07, 6.45) is 2.55. The molecule has 1 aliphatic heterocycles. The van der Waals surface area contributed by atoms with Crippen molar-refractivity contribution in [1.82, 2.24) is 9.88 Å². The molecule has 0 aliphatic carbocycles. The zero-order valence-electron chi connectivity index (χ0n) is 11.6. The van der Waals surface area contributed by atoms with Crippen molar-refractivity contribution >= 4 is 10.9 Å². The average molecular weight is 242 g/mol. The first kappa shape index (κ1) is 11.8. The van der Waals surface area contributed by atoms with Crippen LogP contribution in [0, 0.1) is 13.8 Å². The summed E-state index contributed by atoms with van der Waals surface area (Å²) in [6, 6.07) is 7.05. The summed E-state index contributed by atoms with van der Waals surface area (Å²) >= 11 is 0. The molecule has 1 aliphatic rings. The highest BCUT2D eigenvalue weighted by atomic mass is 14.9. The van der Waals surface area contributed by atoms with Gasteiger partial charge in [-0.05, 0) is 69.0 Å². The van der Waals surface area contributed by atoms with E-state index in [1.165, 1.54) is 40.6 Å². The van der Waals surface area contributed by atoms with Crippen molar-refractivity contribution in [3.63, 3.8) is 0 Å². The van der Waals surface area contributed by atoms with Gasteiger partial charge in [0, 0.05) is 23.6 Å². The summed E-state index contributed by atoms with van der Waals surface area (Å²) in [4.78, 5) is 0. The fourth-order valence-electron chi connectivity index (χ4n) is 3.18. The Morgan fingerprint density at radius 1 is 1.17 bits per heavy atom. The summed E-state index contributed by atoms with van der Waals surface area (Å²) < 4.78 is 2.30. The van der Waals surface area contributed by atoms with Crippen molar-refractivity contribution in [2.24, 2.45) is 7.05 Å². The second kappa shape index (κ2) is 4.43. The molecule has 0 saturated carbocycles. The van der Waals surface area contributed by atoms with Crippen LogP contribution < -0.4 is 5.32 Å². The number of aromatic nitrogens is 1. The Bertz CT molecular complexity index is 574. The molecule has 1 aromatic carbocycles. The van der Waals surface area contributed by atoms with Crippen LogP contribution in [0.15, 0.2) is 18.2 Å². The Balaban J connectivity index is 2.07. The second-order valence-corrected chi connectivity index (χ2v) is 5.57. The van der Waals surface area contributed by atoms with E-state index < -0.39 is 0 Å². The third-order valence-electron chi connectivity index (χ3n) is 4.64. The molecule has 2 nitrogen and oxygen atoms in total. The number of aryl methyl sites for hydroxylation is 2. The highest BCUT2D eigenvalue weighted by Gasteiger charge is 2.16. The molecule has 18 heavy (non-hydrogen) atoms. The van der Waals surface area contributed by atoms with Crippen molar-refractivity contribution in [1.29, 1.82) is 0 Å².